The van der Waals surface area contributed by atoms with E-state index in [1.807, 2.05) is 0 Å². The number of hydrogen-bond donors (Lipinski definition) is 1. The van der Waals surface area contributed by atoms with Gasteiger partial charge in [0.2, 0.25) is 18.5 Å². The van der Waals surface area contributed by atoms with Crippen LogP contribution in [-0.4, -0.2) is 27.8 Å². The molecule has 1 N–H and O–H groups in total. The number of aromatic nitrogens is 1. The highest BCUT2D eigenvalue weighted by molar-refractivity contribution is 5.97. The SMILES string of the molecule is O=C(O)c1ccc[n+](CN2C(=O)CCCC2=O)c1. The number of amides is 2. The fraction of sp³-hybridized carbons (Fsp3) is 0.333. The summed E-state index contributed by atoms with van der Waals surface area (Å²) >= 11 is 0. The zero-order chi connectivity index (χ0) is 13.1. The summed E-state index contributed by atoms with van der Waals surface area (Å²) in [6, 6.07) is 3.03. The Hall–Kier alpha value is -2.24. The summed E-state index contributed by atoms with van der Waals surface area (Å²) in [7, 11) is 0. The Morgan fingerprint density at radius 1 is 1.33 bits per heavy atom. The van der Waals surface area contributed by atoms with Crippen molar-refractivity contribution in [3.63, 3.8) is 0 Å². The monoisotopic (exact) mass is 249 g/mol. The Labute approximate surface area is 103 Å². The molecule has 1 aromatic heterocycles. The van der Waals surface area contributed by atoms with E-state index in [1.54, 1.807) is 12.3 Å². The molecule has 1 aromatic rings. The van der Waals surface area contributed by atoms with Crippen molar-refractivity contribution >= 4 is 17.8 Å². The van der Waals surface area contributed by atoms with Gasteiger partial charge in [0.05, 0.1) is 0 Å². The van der Waals surface area contributed by atoms with Crippen LogP contribution in [0.25, 0.3) is 0 Å². The lowest BCUT2D eigenvalue weighted by molar-refractivity contribution is -0.710. The highest BCUT2D eigenvalue weighted by atomic mass is 16.4. The molecular weight excluding hydrogens is 236 g/mol. The second-order valence-electron chi connectivity index (χ2n) is 4.12. The van der Waals surface area contributed by atoms with Gasteiger partial charge < -0.3 is 5.11 Å². The van der Waals surface area contributed by atoms with Gasteiger partial charge in [-0.2, -0.15) is 4.57 Å². The molecule has 1 aliphatic rings. The first-order chi connectivity index (χ1) is 8.58. The van der Waals surface area contributed by atoms with Crippen LogP contribution in [0.3, 0.4) is 0 Å². The number of piperidine rings is 1. The third kappa shape index (κ3) is 2.53. The summed E-state index contributed by atoms with van der Waals surface area (Å²) < 4.78 is 1.52. The molecular formula is C12H13N2O4+. The van der Waals surface area contributed by atoms with Crippen molar-refractivity contribution in [1.29, 1.82) is 0 Å². The number of carboxylic acid groups (broad SMARTS) is 1. The van der Waals surface area contributed by atoms with Gasteiger partial charge in [0.25, 0.3) is 0 Å². The highest BCUT2D eigenvalue weighted by Crippen LogP contribution is 2.11. The van der Waals surface area contributed by atoms with Crippen molar-refractivity contribution in [2.45, 2.75) is 25.9 Å². The fourth-order valence-electron chi connectivity index (χ4n) is 1.86. The Morgan fingerprint density at radius 3 is 2.61 bits per heavy atom. The number of carbonyl (C=O) groups excluding carboxylic acids is 2. The number of likely N-dealkylation sites (tertiary alicyclic amines) is 1. The number of aromatic carboxylic acids is 1. The number of nitrogens with zero attached hydrogens (tertiary/aromatic N) is 2. The molecule has 18 heavy (non-hydrogen) atoms. The van der Waals surface area contributed by atoms with Crippen molar-refractivity contribution in [3.8, 4) is 0 Å². The minimum Gasteiger partial charge on any atom is -0.477 e. The second kappa shape index (κ2) is 4.95. The van der Waals surface area contributed by atoms with E-state index < -0.39 is 5.97 Å². The topological polar surface area (TPSA) is 78.6 Å². The van der Waals surface area contributed by atoms with Gasteiger partial charge in [-0.05, 0) is 12.5 Å². The van der Waals surface area contributed by atoms with Gasteiger partial charge in [-0.15, -0.1) is 0 Å². The molecule has 2 amide bonds. The molecule has 1 aliphatic heterocycles. The van der Waals surface area contributed by atoms with E-state index in [2.05, 4.69) is 0 Å². The van der Waals surface area contributed by atoms with Crippen molar-refractivity contribution in [1.82, 2.24) is 4.90 Å². The van der Waals surface area contributed by atoms with E-state index in [0.29, 0.717) is 19.3 Å². The molecule has 2 heterocycles. The van der Waals surface area contributed by atoms with E-state index in [9.17, 15) is 14.4 Å². The largest absolute Gasteiger partial charge is 0.477 e. The van der Waals surface area contributed by atoms with Gasteiger partial charge in [0.15, 0.2) is 12.4 Å². The molecule has 1 fully saturated rings. The predicted octanol–water partition coefficient (Wildman–Crippen LogP) is 0.169. The van der Waals surface area contributed by atoms with Crippen LogP contribution in [0.15, 0.2) is 24.5 Å². The van der Waals surface area contributed by atoms with E-state index in [4.69, 9.17) is 5.11 Å². The van der Waals surface area contributed by atoms with Gasteiger partial charge >= 0.3 is 5.97 Å². The lowest BCUT2D eigenvalue weighted by Gasteiger charge is -2.21. The molecule has 0 saturated carbocycles. The van der Waals surface area contributed by atoms with Crippen molar-refractivity contribution < 1.29 is 24.1 Å². The van der Waals surface area contributed by atoms with Crippen molar-refractivity contribution in [2.24, 2.45) is 0 Å². The average Bonchev–Trinajstić information content (AvgIpc) is 2.34. The summed E-state index contributed by atoms with van der Waals surface area (Å²) in [6.45, 7) is 0.0682. The van der Waals surface area contributed by atoms with Crippen molar-refractivity contribution in [2.75, 3.05) is 0 Å². The quantitative estimate of drug-likeness (QED) is 0.611. The van der Waals surface area contributed by atoms with Crippen LogP contribution in [0.2, 0.25) is 0 Å². The normalized spacial score (nSPS) is 15.9. The second-order valence-corrected chi connectivity index (χ2v) is 4.12. The van der Waals surface area contributed by atoms with Crippen LogP contribution in [0.4, 0.5) is 0 Å². The third-order valence-electron chi connectivity index (χ3n) is 2.79. The molecule has 0 aromatic carbocycles. The van der Waals surface area contributed by atoms with Gasteiger partial charge in [0, 0.05) is 18.9 Å². The summed E-state index contributed by atoms with van der Waals surface area (Å²) in [5.74, 6) is -1.46. The molecule has 0 unspecified atom stereocenters. The van der Waals surface area contributed by atoms with Gasteiger partial charge in [-0.25, -0.2) is 9.69 Å². The maximum atomic E-state index is 11.6. The minimum absolute atomic E-state index is 0.0682. The Morgan fingerprint density at radius 2 is 2.00 bits per heavy atom. The van der Waals surface area contributed by atoms with Gasteiger partial charge in [-0.3, -0.25) is 9.59 Å². The lowest BCUT2D eigenvalue weighted by atomic mass is 10.1. The van der Waals surface area contributed by atoms with E-state index >= 15 is 0 Å². The van der Waals surface area contributed by atoms with Crippen molar-refractivity contribution in [3.05, 3.63) is 30.1 Å². The maximum Gasteiger partial charge on any atom is 0.341 e. The first-order valence-electron chi connectivity index (χ1n) is 5.63. The molecule has 6 nitrogen and oxygen atoms in total. The Bertz CT molecular complexity index is 497. The number of hydrogen-bond acceptors (Lipinski definition) is 3. The first-order valence-corrected chi connectivity index (χ1v) is 5.63. The molecule has 0 aliphatic carbocycles. The first kappa shape index (κ1) is 12.2. The van der Waals surface area contributed by atoms with Crippen LogP contribution < -0.4 is 4.57 Å². The van der Waals surface area contributed by atoms with Crippen LogP contribution in [0.5, 0.6) is 0 Å². The molecule has 0 bridgehead atoms. The minimum atomic E-state index is -1.04. The summed E-state index contributed by atoms with van der Waals surface area (Å²) in [5.41, 5.74) is 0.120. The van der Waals surface area contributed by atoms with Crippen LogP contribution >= 0.6 is 0 Å². The molecule has 1 saturated heterocycles. The Kier molecular flexibility index (Phi) is 3.36. The maximum absolute atomic E-state index is 11.6. The van der Waals surface area contributed by atoms with Crippen LogP contribution in [-0.2, 0) is 16.3 Å². The number of carbonyl (C=O) groups is 3. The standard InChI is InChI=1S/C12H12N2O4/c15-10-4-1-5-11(16)14(10)8-13-6-2-3-9(7-13)12(17)18/h2-3,6-7H,1,4-5,8H2/p+1. The lowest BCUT2D eigenvalue weighted by Crippen LogP contribution is -2.50. The Balaban J connectivity index is 2.17. The van der Waals surface area contributed by atoms with E-state index in [-0.39, 0.29) is 24.0 Å². The number of rotatable bonds is 3. The zero-order valence-electron chi connectivity index (χ0n) is 9.70. The predicted molar refractivity (Wildman–Crippen MR) is 59.3 cm³/mol. The number of pyridine rings is 1. The fourth-order valence-corrected chi connectivity index (χ4v) is 1.86. The zero-order valence-corrected chi connectivity index (χ0v) is 9.70. The number of imide groups is 1. The molecule has 0 atom stereocenters. The van der Waals surface area contributed by atoms with Crippen LogP contribution in [0, 0.1) is 0 Å². The molecule has 94 valence electrons. The van der Waals surface area contributed by atoms with E-state index in [1.165, 1.54) is 16.8 Å². The molecule has 2 rings (SSSR count). The van der Waals surface area contributed by atoms with E-state index in [0.717, 1.165) is 4.90 Å². The molecule has 0 radical (unpaired) electrons. The third-order valence-corrected chi connectivity index (χ3v) is 2.79. The summed E-state index contributed by atoms with van der Waals surface area (Å²) in [5, 5.41) is 8.86. The molecule has 6 heteroatoms. The van der Waals surface area contributed by atoms with Gasteiger partial charge in [0.1, 0.15) is 5.56 Å². The van der Waals surface area contributed by atoms with Gasteiger partial charge in [-0.1, -0.05) is 0 Å². The highest BCUT2D eigenvalue weighted by Gasteiger charge is 2.28. The average molecular weight is 249 g/mol. The smallest absolute Gasteiger partial charge is 0.341 e. The summed E-state index contributed by atoms with van der Waals surface area (Å²) in [6.07, 6.45) is 4.35. The molecule has 0 spiro atoms. The number of carboxylic acids is 1. The van der Waals surface area contributed by atoms with Crippen LogP contribution in [0.1, 0.15) is 29.6 Å². The summed E-state index contributed by atoms with van der Waals surface area (Å²) in [4.78, 5) is 35.2.